The van der Waals surface area contributed by atoms with Gasteiger partial charge >= 0.3 is 5.97 Å². The first kappa shape index (κ1) is 20.2. The zero-order valence-corrected chi connectivity index (χ0v) is 16.1. The maximum absolute atomic E-state index is 12.2. The Labute approximate surface area is 167 Å². The normalized spacial score (nSPS) is 12.8. The van der Waals surface area contributed by atoms with Crippen molar-refractivity contribution in [3.05, 3.63) is 53.6 Å². The molecule has 29 heavy (non-hydrogen) atoms. The maximum atomic E-state index is 12.2. The van der Waals surface area contributed by atoms with Gasteiger partial charge in [0.05, 0.1) is 0 Å². The van der Waals surface area contributed by atoms with Gasteiger partial charge in [0.25, 0.3) is 5.91 Å². The molecular weight excluding hydrogens is 378 g/mol. The summed E-state index contributed by atoms with van der Waals surface area (Å²) in [7, 11) is 0. The Hall–Kier alpha value is -3.55. The van der Waals surface area contributed by atoms with E-state index in [9.17, 15) is 14.4 Å². The van der Waals surface area contributed by atoms with Crippen molar-refractivity contribution in [2.24, 2.45) is 0 Å². The van der Waals surface area contributed by atoms with Crippen molar-refractivity contribution in [1.29, 1.82) is 0 Å². The van der Waals surface area contributed by atoms with Gasteiger partial charge in [-0.05, 0) is 43.7 Å². The maximum Gasteiger partial charge on any atom is 0.344 e. The number of hydrogen-bond acceptors (Lipinski definition) is 7. The zero-order chi connectivity index (χ0) is 20.8. The van der Waals surface area contributed by atoms with Crippen molar-refractivity contribution in [1.82, 2.24) is 5.32 Å². The molecule has 0 aromatic heterocycles. The van der Waals surface area contributed by atoms with E-state index in [1.807, 2.05) is 6.07 Å². The van der Waals surface area contributed by atoms with Gasteiger partial charge in [0.2, 0.25) is 6.79 Å². The van der Waals surface area contributed by atoms with Crippen LogP contribution in [0.15, 0.2) is 42.5 Å². The van der Waals surface area contributed by atoms with Crippen LogP contribution in [0.4, 0.5) is 0 Å². The Kier molecular flexibility index (Phi) is 6.33. The molecule has 3 rings (SSSR count). The van der Waals surface area contributed by atoms with Crippen LogP contribution in [0.25, 0.3) is 0 Å². The number of amides is 1. The average molecular weight is 399 g/mol. The predicted octanol–water partition coefficient (Wildman–Crippen LogP) is 2.24. The van der Waals surface area contributed by atoms with E-state index >= 15 is 0 Å². The van der Waals surface area contributed by atoms with Crippen molar-refractivity contribution in [3.63, 3.8) is 0 Å². The molecule has 152 valence electrons. The summed E-state index contributed by atoms with van der Waals surface area (Å²) in [6.07, 6.45) is -0.983. The third-order valence-corrected chi connectivity index (χ3v) is 4.18. The molecule has 8 heteroatoms. The van der Waals surface area contributed by atoms with E-state index in [2.05, 4.69) is 5.32 Å². The number of carbonyl (C=O) groups excluding carboxylic acids is 3. The fourth-order valence-electron chi connectivity index (χ4n) is 2.62. The second kappa shape index (κ2) is 9.09. The number of benzene rings is 2. The molecule has 2 aromatic carbocycles. The molecule has 2 aromatic rings. The molecular formula is C21H21NO7. The second-order valence-electron chi connectivity index (χ2n) is 6.41. The summed E-state index contributed by atoms with van der Waals surface area (Å²) in [5.74, 6) is 0.428. The molecule has 0 radical (unpaired) electrons. The molecule has 1 amide bonds. The van der Waals surface area contributed by atoms with Crippen LogP contribution in [0.1, 0.15) is 29.8 Å². The molecule has 1 aliphatic heterocycles. The third-order valence-electron chi connectivity index (χ3n) is 4.18. The van der Waals surface area contributed by atoms with Crippen LogP contribution in [0.3, 0.4) is 0 Å². The highest BCUT2D eigenvalue weighted by Crippen LogP contribution is 2.32. The monoisotopic (exact) mass is 399 g/mol. The molecule has 0 saturated carbocycles. The van der Waals surface area contributed by atoms with Gasteiger partial charge in [-0.1, -0.05) is 18.2 Å². The Bertz CT molecular complexity index is 925. The number of esters is 1. The smallest absolute Gasteiger partial charge is 0.344 e. The van der Waals surface area contributed by atoms with Gasteiger partial charge in [-0.2, -0.15) is 0 Å². The summed E-state index contributed by atoms with van der Waals surface area (Å²) in [6.45, 7) is 2.98. The first-order valence-corrected chi connectivity index (χ1v) is 9.02. The molecule has 1 N–H and O–H groups in total. The van der Waals surface area contributed by atoms with E-state index in [4.69, 9.17) is 18.9 Å². The Balaban J connectivity index is 1.43. The quantitative estimate of drug-likeness (QED) is 0.537. The average Bonchev–Trinajstić information content (AvgIpc) is 3.18. The Morgan fingerprint density at radius 1 is 1.10 bits per heavy atom. The molecule has 0 aliphatic carbocycles. The van der Waals surface area contributed by atoms with Crippen molar-refractivity contribution in [2.45, 2.75) is 26.5 Å². The fourth-order valence-corrected chi connectivity index (χ4v) is 2.62. The molecule has 0 unspecified atom stereocenters. The second-order valence-corrected chi connectivity index (χ2v) is 6.41. The number of fused-ring (bicyclic) bond motifs is 1. The van der Waals surface area contributed by atoms with Crippen LogP contribution < -0.4 is 19.5 Å². The van der Waals surface area contributed by atoms with E-state index in [1.165, 1.54) is 19.9 Å². The highest BCUT2D eigenvalue weighted by molar-refractivity contribution is 5.94. The standard InChI is InChI=1S/C21H21NO7/c1-13(23)16-4-3-5-17(9-16)26-11-20(24)29-14(2)21(25)22-10-15-6-7-18-19(8-15)28-12-27-18/h3-9,14H,10-12H2,1-2H3,(H,22,25)/t14-/m1/s1. The highest BCUT2D eigenvalue weighted by Gasteiger charge is 2.19. The fraction of sp³-hybridized carbons (Fsp3) is 0.286. The summed E-state index contributed by atoms with van der Waals surface area (Å²) < 4.78 is 20.9. The molecule has 0 fully saturated rings. The van der Waals surface area contributed by atoms with Crippen LogP contribution in [0.5, 0.6) is 17.2 Å². The van der Waals surface area contributed by atoms with Crippen LogP contribution in [0, 0.1) is 0 Å². The molecule has 1 atom stereocenters. The summed E-state index contributed by atoms with van der Waals surface area (Å²) >= 11 is 0. The van der Waals surface area contributed by atoms with Crippen LogP contribution >= 0.6 is 0 Å². The first-order valence-electron chi connectivity index (χ1n) is 9.02. The van der Waals surface area contributed by atoms with Crippen molar-refractivity contribution in [3.8, 4) is 17.2 Å². The summed E-state index contributed by atoms with van der Waals surface area (Å²) in [4.78, 5) is 35.5. The SMILES string of the molecule is CC(=O)c1cccc(OCC(=O)O[C@H](C)C(=O)NCc2ccc3c(c2)OCO3)c1. The van der Waals surface area contributed by atoms with Crippen LogP contribution in [-0.2, 0) is 20.9 Å². The summed E-state index contributed by atoms with van der Waals surface area (Å²) in [5.41, 5.74) is 1.31. The summed E-state index contributed by atoms with van der Waals surface area (Å²) in [6, 6.07) is 11.8. The van der Waals surface area contributed by atoms with E-state index in [0.29, 0.717) is 22.8 Å². The molecule has 0 saturated heterocycles. The number of ether oxygens (including phenoxy) is 4. The summed E-state index contributed by atoms with van der Waals surface area (Å²) in [5, 5.41) is 2.70. The van der Waals surface area contributed by atoms with Crippen molar-refractivity contribution >= 4 is 17.7 Å². The van der Waals surface area contributed by atoms with Gasteiger partial charge in [0, 0.05) is 12.1 Å². The molecule has 8 nitrogen and oxygen atoms in total. The first-order chi connectivity index (χ1) is 13.9. The molecule has 1 aliphatic rings. The molecule has 1 heterocycles. The van der Waals surface area contributed by atoms with E-state index in [1.54, 1.807) is 30.3 Å². The Morgan fingerprint density at radius 2 is 1.90 bits per heavy atom. The highest BCUT2D eigenvalue weighted by atomic mass is 16.7. The van der Waals surface area contributed by atoms with Crippen molar-refractivity contribution in [2.75, 3.05) is 13.4 Å². The minimum Gasteiger partial charge on any atom is -0.482 e. The lowest BCUT2D eigenvalue weighted by atomic mass is 10.1. The van der Waals surface area contributed by atoms with Crippen LogP contribution in [0.2, 0.25) is 0 Å². The van der Waals surface area contributed by atoms with Crippen molar-refractivity contribution < 1.29 is 33.3 Å². The number of ketones is 1. The lowest BCUT2D eigenvalue weighted by Crippen LogP contribution is -2.36. The van der Waals surface area contributed by atoms with Gasteiger partial charge in [-0.15, -0.1) is 0 Å². The third kappa shape index (κ3) is 5.47. The van der Waals surface area contributed by atoms with E-state index < -0.39 is 18.0 Å². The van der Waals surface area contributed by atoms with Gasteiger partial charge in [0.1, 0.15) is 5.75 Å². The number of carbonyl (C=O) groups is 3. The topological polar surface area (TPSA) is 100 Å². The minimum absolute atomic E-state index is 0.106. The lowest BCUT2D eigenvalue weighted by Gasteiger charge is -2.14. The molecule has 0 spiro atoms. The van der Waals surface area contributed by atoms with Gasteiger partial charge in [0.15, 0.2) is 30.0 Å². The predicted molar refractivity (Wildman–Crippen MR) is 102 cm³/mol. The zero-order valence-electron chi connectivity index (χ0n) is 16.1. The minimum atomic E-state index is -0.983. The lowest BCUT2D eigenvalue weighted by molar-refractivity contribution is -0.156. The van der Waals surface area contributed by atoms with E-state index in [-0.39, 0.29) is 25.7 Å². The Morgan fingerprint density at radius 3 is 2.69 bits per heavy atom. The van der Waals surface area contributed by atoms with Crippen LogP contribution in [-0.4, -0.2) is 37.2 Å². The van der Waals surface area contributed by atoms with Gasteiger partial charge in [-0.3, -0.25) is 9.59 Å². The number of rotatable bonds is 8. The largest absolute Gasteiger partial charge is 0.482 e. The van der Waals surface area contributed by atoms with Gasteiger partial charge < -0.3 is 24.3 Å². The van der Waals surface area contributed by atoms with Gasteiger partial charge in [-0.25, -0.2) is 4.79 Å². The molecule has 0 bridgehead atoms. The number of hydrogen-bond donors (Lipinski definition) is 1. The van der Waals surface area contributed by atoms with E-state index in [0.717, 1.165) is 5.56 Å². The number of Topliss-reactive ketones (excluding diaryl/α,β-unsaturated/α-hetero) is 1. The number of nitrogens with one attached hydrogen (secondary N) is 1.